The lowest BCUT2D eigenvalue weighted by Gasteiger charge is -2.23. The number of aromatic hydroxyl groups is 2. The number of fused-ring (bicyclic) bond motifs is 2. The fraction of sp³-hybridized carbons (Fsp3) is 0.222. The van der Waals surface area contributed by atoms with Crippen LogP contribution in [-0.4, -0.2) is 50.2 Å². The van der Waals surface area contributed by atoms with Crippen molar-refractivity contribution in [2.45, 2.75) is 0 Å². The third kappa shape index (κ3) is 2.15. The maximum Gasteiger partial charge on any atom is 0.203 e. The second-order valence-corrected chi connectivity index (χ2v) is 5.42. The van der Waals surface area contributed by atoms with Gasteiger partial charge in [-0.05, 0) is 12.1 Å². The second kappa shape index (κ2) is 6.14. The number of carbonyl (C=O) groups is 2. The van der Waals surface area contributed by atoms with Crippen LogP contribution in [0.5, 0.6) is 34.5 Å². The van der Waals surface area contributed by atoms with Crippen LogP contribution in [0.15, 0.2) is 12.1 Å². The third-order valence-electron chi connectivity index (χ3n) is 4.23. The lowest BCUT2D eigenvalue weighted by molar-refractivity contribution is 0.0972. The van der Waals surface area contributed by atoms with Crippen LogP contribution in [0.25, 0.3) is 0 Å². The van der Waals surface area contributed by atoms with Gasteiger partial charge in [0.1, 0.15) is 0 Å². The van der Waals surface area contributed by atoms with E-state index in [1.807, 2.05) is 0 Å². The average molecular weight is 360 g/mol. The summed E-state index contributed by atoms with van der Waals surface area (Å²) in [6.45, 7) is 0. The predicted molar refractivity (Wildman–Crippen MR) is 89.3 cm³/mol. The molecule has 0 atom stereocenters. The molecule has 2 N–H and O–H groups in total. The number of benzene rings is 2. The van der Waals surface area contributed by atoms with Crippen LogP contribution >= 0.6 is 0 Å². The van der Waals surface area contributed by atoms with Crippen LogP contribution in [0.4, 0.5) is 0 Å². The zero-order valence-corrected chi connectivity index (χ0v) is 14.5. The molecule has 2 aromatic rings. The first-order valence-electron chi connectivity index (χ1n) is 7.46. The highest BCUT2D eigenvalue weighted by Gasteiger charge is 2.39. The van der Waals surface area contributed by atoms with E-state index < -0.39 is 23.1 Å². The molecule has 0 saturated heterocycles. The zero-order chi connectivity index (χ0) is 19.2. The number of hydrogen-bond acceptors (Lipinski definition) is 8. The molecule has 136 valence electrons. The summed E-state index contributed by atoms with van der Waals surface area (Å²) < 4.78 is 20.4. The Morgan fingerprint density at radius 1 is 0.654 bits per heavy atom. The molecule has 0 radical (unpaired) electrons. The molecule has 0 unspecified atom stereocenters. The SMILES string of the molecule is COc1cc2c(c(O)c1OC)C(=O)c1cc(OC)c(OC)c(O)c1C2=O. The van der Waals surface area contributed by atoms with E-state index >= 15 is 0 Å². The summed E-state index contributed by atoms with van der Waals surface area (Å²) in [5, 5.41) is 20.9. The van der Waals surface area contributed by atoms with Gasteiger partial charge in [-0.25, -0.2) is 0 Å². The molecular weight excluding hydrogens is 344 g/mol. The molecule has 1 aliphatic rings. The topological polar surface area (TPSA) is 112 Å². The third-order valence-corrected chi connectivity index (χ3v) is 4.23. The Hall–Kier alpha value is -3.42. The van der Waals surface area contributed by atoms with Gasteiger partial charge in [0.25, 0.3) is 0 Å². The van der Waals surface area contributed by atoms with Crippen LogP contribution < -0.4 is 18.9 Å². The Balaban J connectivity index is 2.38. The molecule has 0 amide bonds. The summed E-state index contributed by atoms with van der Waals surface area (Å²) in [5.74, 6) is -2.34. The van der Waals surface area contributed by atoms with Crippen molar-refractivity contribution in [2.24, 2.45) is 0 Å². The van der Waals surface area contributed by atoms with Gasteiger partial charge in [-0.3, -0.25) is 9.59 Å². The van der Waals surface area contributed by atoms with Gasteiger partial charge in [0, 0.05) is 11.1 Å². The molecule has 0 bridgehead atoms. The first kappa shape index (κ1) is 17.4. The van der Waals surface area contributed by atoms with Crippen LogP contribution in [0.1, 0.15) is 31.8 Å². The van der Waals surface area contributed by atoms with E-state index in [0.717, 1.165) is 0 Å². The van der Waals surface area contributed by atoms with E-state index in [4.69, 9.17) is 18.9 Å². The van der Waals surface area contributed by atoms with Gasteiger partial charge in [0.2, 0.25) is 11.5 Å². The van der Waals surface area contributed by atoms with Crippen molar-refractivity contribution in [3.63, 3.8) is 0 Å². The van der Waals surface area contributed by atoms with Gasteiger partial charge >= 0.3 is 0 Å². The van der Waals surface area contributed by atoms with E-state index in [2.05, 4.69) is 0 Å². The zero-order valence-electron chi connectivity index (χ0n) is 14.5. The van der Waals surface area contributed by atoms with Crippen LogP contribution in [0.2, 0.25) is 0 Å². The maximum atomic E-state index is 12.9. The van der Waals surface area contributed by atoms with Gasteiger partial charge in [-0.1, -0.05) is 0 Å². The smallest absolute Gasteiger partial charge is 0.203 e. The van der Waals surface area contributed by atoms with Gasteiger partial charge in [0.05, 0.1) is 39.6 Å². The number of methoxy groups -OCH3 is 4. The summed E-state index contributed by atoms with van der Waals surface area (Å²) in [7, 11) is 5.26. The van der Waals surface area contributed by atoms with Gasteiger partial charge < -0.3 is 29.2 Å². The maximum absolute atomic E-state index is 12.9. The van der Waals surface area contributed by atoms with E-state index in [1.54, 1.807) is 0 Å². The Morgan fingerprint density at radius 2 is 1.00 bits per heavy atom. The molecule has 0 saturated carbocycles. The lowest BCUT2D eigenvalue weighted by atomic mass is 9.82. The Bertz CT molecular complexity index is 868. The Labute approximate surface area is 148 Å². The minimum atomic E-state index is -0.663. The highest BCUT2D eigenvalue weighted by atomic mass is 16.5. The van der Waals surface area contributed by atoms with E-state index in [9.17, 15) is 19.8 Å². The minimum Gasteiger partial charge on any atom is -0.504 e. The number of phenolic OH excluding ortho intramolecular Hbond substituents is 2. The molecule has 3 rings (SSSR count). The molecule has 8 heteroatoms. The molecule has 2 aromatic carbocycles. The molecule has 8 nitrogen and oxygen atoms in total. The largest absolute Gasteiger partial charge is 0.504 e. The van der Waals surface area contributed by atoms with Crippen molar-refractivity contribution in [3.8, 4) is 34.5 Å². The van der Waals surface area contributed by atoms with E-state index in [1.165, 1.54) is 40.6 Å². The highest BCUT2D eigenvalue weighted by Crippen LogP contribution is 2.49. The molecule has 26 heavy (non-hydrogen) atoms. The summed E-state index contributed by atoms with van der Waals surface area (Å²) in [4.78, 5) is 25.9. The normalized spacial score (nSPS) is 12.3. The number of ketones is 2. The van der Waals surface area contributed by atoms with Gasteiger partial charge in [0.15, 0.2) is 34.6 Å². The quantitative estimate of drug-likeness (QED) is 0.726. The molecule has 0 aromatic heterocycles. The van der Waals surface area contributed by atoms with Crippen molar-refractivity contribution < 1.29 is 38.7 Å². The predicted octanol–water partition coefficient (Wildman–Crippen LogP) is 1.91. The minimum absolute atomic E-state index is 0.0689. The molecule has 0 aliphatic heterocycles. The molecule has 0 spiro atoms. The van der Waals surface area contributed by atoms with E-state index in [-0.39, 0.29) is 45.3 Å². The van der Waals surface area contributed by atoms with Gasteiger partial charge in [-0.15, -0.1) is 0 Å². The first-order chi connectivity index (χ1) is 12.4. The molecule has 1 aliphatic carbocycles. The summed E-state index contributed by atoms with van der Waals surface area (Å²) in [6.07, 6.45) is 0. The van der Waals surface area contributed by atoms with Crippen LogP contribution in [-0.2, 0) is 0 Å². The molecule has 0 fully saturated rings. The molecular formula is C18H16O8. The Kier molecular flexibility index (Phi) is 4.11. The van der Waals surface area contributed by atoms with Crippen LogP contribution in [0.3, 0.4) is 0 Å². The first-order valence-corrected chi connectivity index (χ1v) is 7.46. The average Bonchev–Trinajstić information content (AvgIpc) is 2.64. The highest BCUT2D eigenvalue weighted by molar-refractivity contribution is 6.31. The number of rotatable bonds is 4. The standard InChI is InChI=1S/C18H16O8/c1-23-9-5-7-11(15(21)17(9)25-3)14(20)8-6-10(24-2)18(26-4)16(22)12(8)13(7)19/h5-6,21-22H,1-4H3. The number of carbonyl (C=O) groups excluding carboxylic acids is 2. The monoisotopic (exact) mass is 360 g/mol. The number of ether oxygens (including phenoxy) is 4. The van der Waals surface area contributed by atoms with Crippen LogP contribution in [0, 0.1) is 0 Å². The summed E-state index contributed by atoms with van der Waals surface area (Å²) in [6, 6.07) is 2.57. The summed E-state index contributed by atoms with van der Waals surface area (Å²) in [5.41, 5.74) is -0.682. The number of hydrogen-bond donors (Lipinski definition) is 2. The lowest BCUT2D eigenvalue weighted by Crippen LogP contribution is -2.22. The second-order valence-electron chi connectivity index (χ2n) is 5.42. The van der Waals surface area contributed by atoms with Crippen molar-refractivity contribution in [3.05, 3.63) is 34.4 Å². The summed E-state index contributed by atoms with van der Waals surface area (Å²) >= 11 is 0. The van der Waals surface area contributed by atoms with Gasteiger partial charge in [-0.2, -0.15) is 0 Å². The molecule has 0 heterocycles. The fourth-order valence-electron chi connectivity index (χ4n) is 3.04. The number of phenols is 2. The van der Waals surface area contributed by atoms with Crippen molar-refractivity contribution >= 4 is 11.6 Å². The van der Waals surface area contributed by atoms with Crippen molar-refractivity contribution in [1.29, 1.82) is 0 Å². The van der Waals surface area contributed by atoms with Crippen molar-refractivity contribution in [2.75, 3.05) is 28.4 Å². The fourth-order valence-corrected chi connectivity index (χ4v) is 3.04. The van der Waals surface area contributed by atoms with E-state index in [0.29, 0.717) is 0 Å². The Morgan fingerprint density at radius 3 is 1.27 bits per heavy atom. The van der Waals surface area contributed by atoms with Crippen molar-refractivity contribution in [1.82, 2.24) is 0 Å².